The van der Waals surface area contributed by atoms with Gasteiger partial charge >= 0.3 is 0 Å². The molecule has 4 aliphatic rings. The Kier molecular flexibility index (Phi) is 5.68. The lowest BCUT2D eigenvalue weighted by Crippen LogP contribution is -2.77. The summed E-state index contributed by atoms with van der Waals surface area (Å²) in [7, 11) is 5.82. The van der Waals surface area contributed by atoms with Crippen molar-refractivity contribution in [3.05, 3.63) is 58.7 Å². The van der Waals surface area contributed by atoms with Crippen LogP contribution in [0.1, 0.15) is 41.5 Å². The summed E-state index contributed by atoms with van der Waals surface area (Å²) in [4.78, 5) is 2.47. The van der Waals surface area contributed by atoms with Crippen LogP contribution in [0.3, 0.4) is 0 Å². The first-order chi connectivity index (χ1) is 15.6. The standard InChI is InChI=1S/C27H33NO4.ClH/c1-28-14-13-26-22-19-15-18(10-9-17-7-5-4-6-8-17)23(30-2)24(22)32-25(26)20(29)11-12-27(26,31-3)21(28)16-19;/h4-8,15,20-21,25,29H,9-14,16H2,1-3H3;1H/t20?,21-,25+,26+,27-;/m1./s1. The van der Waals surface area contributed by atoms with Crippen LogP contribution >= 0.6 is 12.4 Å². The van der Waals surface area contributed by atoms with Gasteiger partial charge < -0.3 is 24.2 Å². The van der Waals surface area contributed by atoms with Gasteiger partial charge in [0.2, 0.25) is 0 Å². The molecular formula is C27H34ClNO4. The first-order valence-electron chi connectivity index (χ1n) is 11.9. The van der Waals surface area contributed by atoms with Gasteiger partial charge in [0.05, 0.1) is 24.2 Å². The van der Waals surface area contributed by atoms with Gasteiger partial charge in [-0.1, -0.05) is 36.4 Å². The highest BCUT2D eigenvalue weighted by molar-refractivity contribution is 5.85. The van der Waals surface area contributed by atoms with E-state index in [-0.39, 0.29) is 35.6 Å². The average Bonchev–Trinajstić information content (AvgIpc) is 3.17. The van der Waals surface area contributed by atoms with Crippen molar-refractivity contribution >= 4 is 12.4 Å². The Balaban J connectivity index is 0.00000228. The first-order valence-corrected chi connectivity index (χ1v) is 11.9. The zero-order valence-electron chi connectivity index (χ0n) is 19.7. The molecule has 6 heteroatoms. The summed E-state index contributed by atoms with van der Waals surface area (Å²) < 4.78 is 19.1. The normalized spacial score (nSPS) is 33.6. The molecule has 2 aliphatic heterocycles. The van der Waals surface area contributed by atoms with E-state index in [4.69, 9.17) is 14.2 Å². The van der Waals surface area contributed by atoms with Crippen molar-refractivity contribution in [2.24, 2.45) is 0 Å². The van der Waals surface area contributed by atoms with Crippen LogP contribution < -0.4 is 9.47 Å². The summed E-state index contributed by atoms with van der Waals surface area (Å²) >= 11 is 0. The Morgan fingerprint density at radius 2 is 1.94 bits per heavy atom. The lowest BCUT2D eigenvalue weighted by atomic mass is 9.48. The molecule has 1 saturated carbocycles. The van der Waals surface area contributed by atoms with E-state index in [1.165, 1.54) is 22.3 Å². The quantitative estimate of drug-likeness (QED) is 0.720. The number of aliphatic hydroxyl groups excluding tert-OH is 1. The van der Waals surface area contributed by atoms with Gasteiger partial charge in [-0.15, -0.1) is 12.4 Å². The van der Waals surface area contributed by atoms with E-state index in [1.54, 1.807) is 7.11 Å². The maximum absolute atomic E-state index is 11.1. The van der Waals surface area contributed by atoms with E-state index in [0.29, 0.717) is 6.42 Å². The summed E-state index contributed by atoms with van der Waals surface area (Å²) in [6.45, 7) is 0.985. The van der Waals surface area contributed by atoms with E-state index in [1.807, 2.05) is 7.11 Å². The van der Waals surface area contributed by atoms with Gasteiger partial charge in [0, 0.05) is 18.7 Å². The van der Waals surface area contributed by atoms with Crippen molar-refractivity contribution < 1.29 is 19.3 Å². The summed E-state index contributed by atoms with van der Waals surface area (Å²) in [5.74, 6) is 1.71. The van der Waals surface area contributed by atoms with Gasteiger partial charge in [-0.25, -0.2) is 0 Å². The third kappa shape index (κ3) is 2.89. The molecule has 2 heterocycles. The highest BCUT2D eigenvalue weighted by Crippen LogP contribution is 2.66. The molecular weight excluding hydrogens is 438 g/mol. The van der Waals surface area contributed by atoms with E-state index >= 15 is 0 Å². The second-order valence-electron chi connectivity index (χ2n) is 10.1. The van der Waals surface area contributed by atoms with Gasteiger partial charge in [-0.2, -0.15) is 0 Å². The maximum atomic E-state index is 11.1. The predicted molar refractivity (Wildman–Crippen MR) is 130 cm³/mol. The molecule has 2 aliphatic carbocycles. The molecule has 5 nitrogen and oxygen atoms in total. The maximum Gasteiger partial charge on any atom is 0.166 e. The van der Waals surface area contributed by atoms with Gasteiger partial charge in [-0.3, -0.25) is 0 Å². The molecule has 1 N–H and O–H groups in total. The number of aliphatic hydroxyl groups is 1. The Morgan fingerprint density at radius 3 is 2.67 bits per heavy atom. The second kappa shape index (κ2) is 8.16. The Labute approximate surface area is 202 Å². The molecule has 0 aromatic heterocycles. The summed E-state index contributed by atoms with van der Waals surface area (Å²) in [6, 6.07) is 13.2. The van der Waals surface area contributed by atoms with E-state index in [9.17, 15) is 5.11 Å². The van der Waals surface area contributed by atoms with E-state index in [0.717, 1.165) is 50.1 Å². The fourth-order valence-electron chi connectivity index (χ4n) is 7.57. The van der Waals surface area contributed by atoms with E-state index < -0.39 is 6.10 Å². The van der Waals surface area contributed by atoms with Gasteiger partial charge in [0.25, 0.3) is 0 Å². The largest absolute Gasteiger partial charge is 0.493 e. The number of rotatable bonds is 5. The highest BCUT2D eigenvalue weighted by atomic mass is 35.5. The fraction of sp³-hybridized carbons (Fsp3) is 0.556. The minimum Gasteiger partial charge on any atom is -0.493 e. The van der Waals surface area contributed by atoms with Crippen molar-refractivity contribution in [3.8, 4) is 11.5 Å². The van der Waals surface area contributed by atoms with Crippen LogP contribution in [0.15, 0.2) is 36.4 Å². The third-order valence-electron chi connectivity index (χ3n) is 8.92. The number of hydrogen-bond acceptors (Lipinski definition) is 5. The summed E-state index contributed by atoms with van der Waals surface area (Å²) in [5.41, 5.74) is 4.48. The van der Waals surface area contributed by atoms with Crippen LogP contribution in [0.5, 0.6) is 11.5 Å². The molecule has 2 aromatic rings. The molecule has 1 unspecified atom stereocenters. The molecule has 0 radical (unpaired) electrons. The average molecular weight is 472 g/mol. The zero-order chi connectivity index (χ0) is 22.1. The first kappa shape index (κ1) is 23.0. The number of likely N-dealkylation sites (tertiary alicyclic amines) is 1. The molecule has 1 saturated heterocycles. The van der Waals surface area contributed by atoms with Crippen LogP contribution in [0.2, 0.25) is 0 Å². The Bertz CT molecular complexity index is 1050. The molecule has 5 atom stereocenters. The number of aryl methyl sites for hydroxylation is 2. The number of benzene rings is 2. The molecule has 2 bridgehead atoms. The molecule has 2 fully saturated rings. The molecule has 0 amide bonds. The molecule has 33 heavy (non-hydrogen) atoms. The molecule has 1 spiro atoms. The number of hydrogen-bond donors (Lipinski definition) is 1. The van der Waals surface area contributed by atoms with Gasteiger partial charge in [-0.05, 0) is 68.8 Å². The number of ether oxygens (including phenoxy) is 3. The van der Waals surface area contributed by atoms with E-state index in [2.05, 4.69) is 48.3 Å². The minimum atomic E-state index is -0.488. The number of piperidine rings is 1. The summed E-state index contributed by atoms with van der Waals surface area (Å²) in [6.07, 6.45) is 4.53. The Morgan fingerprint density at radius 1 is 1.15 bits per heavy atom. The van der Waals surface area contributed by atoms with Crippen molar-refractivity contribution in [3.63, 3.8) is 0 Å². The monoisotopic (exact) mass is 471 g/mol. The van der Waals surface area contributed by atoms with Crippen molar-refractivity contribution in [2.45, 2.75) is 67.8 Å². The van der Waals surface area contributed by atoms with Crippen LogP contribution in [0.25, 0.3) is 0 Å². The lowest BCUT2D eigenvalue weighted by molar-refractivity contribution is -0.218. The zero-order valence-corrected chi connectivity index (χ0v) is 20.5. The third-order valence-corrected chi connectivity index (χ3v) is 8.92. The van der Waals surface area contributed by atoms with Crippen LogP contribution in [-0.2, 0) is 29.4 Å². The lowest BCUT2D eigenvalue weighted by Gasteiger charge is -2.64. The second-order valence-corrected chi connectivity index (χ2v) is 10.1. The highest BCUT2D eigenvalue weighted by Gasteiger charge is 2.73. The number of halogens is 1. The van der Waals surface area contributed by atoms with Gasteiger partial charge in [0.1, 0.15) is 6.10 Å². The van der Waals surface area contributed by atoms with Crippen LogP contribution in [-0.4, -0.2) is 61.7 Å². The van der Waals surface area contributed by atoms with Crippen molar-refractivity contribution in [1.29, 1.82) is 0 Å². The van der Waals surface area contributed by atoms with Gasteiger partial charge in [0.15, 0.2) is 11.5 Å². The number of likely N-dealkylation sites (N-methyl/N-ethyl adjacent to an activating group) is 1. The molecule has 178 valence electrons. The fourth-order valence-corrected chi connectivity index (χ4v) is 7.57. The molecule has 2 aromatic carbocycles. The smallest absolute Gasteiger partial charge is 0.166 e. The van der Waals surface area contributed by atoms with Crippen molar-refractivity contribution in [2.75, 3.05) is 27.8 Å². The van der Waals surface area contributed by atoms with Crippen LogP contribution in [0, 0.1) is 0 Å². The predicted octanol–water partition coefficient (Wildman–Crippen LogP) is 3.70. The number of methoxy groups -OCH3 is 2. The minimum absolute atomic E-state index is 0. The van der Waals surface area contributed by atoms with Crippen molar-refractivity contribution in [1.82, 2.24) is 4.90 Å². The number of nitrogens with zero attached hydrogens (tertiary/aromatic N) is 1. The summed E-state index contributed by atoms with van der Waals surface area (Å²) in [5, 5.41) is 11.1. The molecule has 6 rings (SSSR count). The topological polar surface area (TPSA) is 51.2 Å². The SMILES string of the molecule is COc1c(CCc2ccccc2)cc2c3c1O[C@H]1C(O)CC[C@@]4(OC)[C@@H](C2)N(C)CC[C@]314.Cl. The Hall–Kier alpha value is -1.79. The van der Waals surface area contributed by atoms with Crippen LogP contribution in [0.4, 0.5) is 0 Å².